The highest BCUT2D eigenvalue weighted by molar-refractivity contribution is 7.99. The Labute approximate surface area is 120 Å². The summed E-state index contributed by atoms with van der Waals surface area (Å²) in [6.45, 7) is 3.67. The van der Waals surface area contributed by atoms with Gasteiger partial charge in [-0.25, -0.2) is 9.89 Å². The number of aromatic amines is 1. The molecule has 0 unspecified atom stereocenters. The molecule has 0 aliphatic carbocycles. The normalized spacial score (nSPS) is 10.9. The standard InChI is InChI=1S/C12H15ClN4OS/c1-3-14-7-8-6-9(13)4-5-10(8)19-12-16-15-11(18)17(12)2/h4-6,14H,3,7H2,1-2H3,(H,15,18). The van der Waals surface area contributed by atoms with Crippen molar-refractivity contribution in [2.75, 3.05) is 6.54 Å². The first-order chi connectivity index (χ1) is 9.11. The van der Waals surface area contributed by atoms with Crippen LogP contribution in [0.1, 0.15) is 12.5 Å². The minimum absolute atomic E-state index is 0.218. The van der Waals surface area contributed by atoms with Gasteiger partial charge in [-0.3, -0.25) is 4.57 Å². The van der Waals surface area contributed by atoms with Crippen LogP contribution in [0.25, 0.3) is 0 Å². The number of benzene rings is 1. The second kappa shape index (κ2) is 6.27. The fourth-order valence-corrected chi connectivity index (χ4v) is 2.67. The lowest BCUT2D eigenvalue weighted by Gasteiger charge is -2.09. The molecule has 2 N–H and O–H groups in total. The average molecular weight is 299 g/mol. The summed E-state index contributed by atoms with van der Waals surface area (Å²) in [5, 5.41) is 11.0. The highest BCUT2D eigenvalue weighted by atomic mass is 35.5. The third kappa shape index (κ3) is 3.40. The van der Waals surface area contributed by atoms with Crippen molar-refractivity contribution >= 4 is 23.4 Å². The molecule has 1 aromatic carbocycles. The molecular weight excluding hydrogens is 284 g/mol. The van der Waals surface area contributed by atoms with Gasteiger partial charge < -0.3 is 5.32 Å². The zero-order valence-corrected chi connectivity index (χ0v) is 12.3. The Bertz CT molecular complexity index is 622. The predicted molar refractivity (Wildman–Crippen MR) is 76.8 cm³/mol. The third-order valence-electron chi connectivity index (χ3n) is 2.63. The lowest BCUT2D eigenvalue weighted by molar-refractivity contribution is 0.717. The molecule has 0 aliphatic rings. The van der Waals surface area contributed by atoms with E-state index in [4.69, 9.17) is 11.6 Å². The maximum Gasteiger partial charge on any atom is 0.343 e. The molecule has 0 saturated carbocycles. The minimum atomic E-state index is -0.218. The van der Waals surface area contributed by atoms with Gasteiger partial charge in [0.1, 0.15) is 0 Å². The van der Waals surface area contributed by atoms with Crippen molar-refractivity contribution in [1.82, 2.24) is 20.1 Å². The SMILES string of the molecule is CCNCc1cc(Cl)ccc1Sc1n[nH]c(=O)n1C. The van der Waals surface area contributed by atoms with Gasteiger partial charge in [-0.2, -0.15) is 0 Å². The fourth-order valence-electron chi connectivity index (χ4n) is 1.57. The van der Waals surface area contributed by atoms with Crippen molar-refractivity contribution in [3.63, 3.8) is 0 Å². The van der Waals surface area contributed by atoms with Gasteiger partial charge in [0.2, 0.25) is 0 Å². The van der Waals surface area contributed by atoms with Crippen LogP contribution < -0.4 is 11.0 Å². The molecule has 0 radical (unpaired) electrons. The number of aromatic nitrogens is 3. The van der Waals surface area contributed by atoms with E-state index in [1.54, 1.807) is 7.05 Å². The van der Waals surface area contributed by atoms with E-state index in [1.807, 2.05) is 18.2 Å². The fraction of sp³-hybridized carbons (Fsp3) is 0.333. The Balaban J connectivity index is 2.28. The summed E-state index contributed by atoms with van der Waals surface area (Å²) in [6.07, 6.45) is 0. The lowest BCUT2D eigenvalue weighted by atomic mass is 10.2. The Morgan fingerprint density at radius 1 is 1.53 bits per heavy atom. The Morgan fingerprint density at radius 3 is 2.95 bits per heavy atom. The molecule has 19 heavy (non-hydrogen) atoms. The quantitative estimate of drug-likeness (QED) is 0.886. The Hall–Kier alpha value is -1.24. The van der Waals surface area contributed by atoms with Gasteiger partial charge in [0, 0.05) is 23.5 Å². The van der Waals surface area contributed by atoms with Gasteiger partial charge >= 0.3 is 5.69 Å². The average Bonchev–Trinajstić information content (AvgIpc) is 2.71. The number of hydrogen-bond acceptors (Lipinski definition) is 4. The second-order valence-corrected chi connectivity index (χ2v) is 5.45. The van der Waals surface area contributed by atoms with Crippen LogP contribution in [0.15, 0.2) is 33.0 Å². The van der Waals surface area contributed by atoms with Crippen LogP contribution in [0.4, 0.5) is 0 Å². The summed E-state index contributed by atoms with van der Waals surface area (Å²) in [4.78, 5) is 12.4. The van der Waals surface area contributed by atoms with Crippen molar-refractivity contribution in [1.29, 1.82) is 0 Å². The van der Waals surface area contributed by atoms with E-state index in [9.17, 15) is 4.79 Å². The molecule has 5 nitrogen and oxygen atoms in total. The maximum absolute atomic E-state index is 11.3. The molecule has 2 aromatic rings. The minimum Gasteiger partial charge on any atom is -0.313 e. The number of H-pyrrole nitrogens is 1. The molecule has 1 heterocycles. The molecule has 0 saturated heterocycles. The third-order valence-corrected chi connectivity index (χ3v) is 4.03. The Morgan fingerprint density at radius 2 is 2.32 bits per heavy atom. The molecular formula is C12H15ClN4OS. The van der Waals surface area contributed by atoms with Crippen LogP contribution in [-0.4, -0.2) is 21.3 Å². The topological polar surface area (TPSA) is 62.7 Å². The van der Waals surface area contributed by atoms with E-state index < -0.39 is 0 Å². The highest BCUT2D eigenvalue weighted by Gasteiger charge is 2.10. The van der Waals surface area contributed by atoms with Crippen molar-refractivity contribution in [3.8, 4) is 0 Å². The number of nitrogens with one attached hydrogen (secondary N) is 2. The first kappa shape index (κ1) is 14.2. The van der Waals surface area contributed by atoms with E-state index in [0.29, 0.717) is 10.2 Å². The zero-order chi connectivity index (χ0) is 13.8. The van der Waals surface area contributed by atoms with Crippen LogP contribution in [0.2, 0.25) is 5.02 Å². The number of rotatable bonds is 5. The molecule has 0 fully saturated rings. The zero-order valence-electron chi connectivity index (χ0n) is 10.7. The summed E-state index contributed by atoms with van der Waals surface area (Å²) in [7, 11) is 1.69. The van der Waals surface area contributed by atoms with Gasteiger partial charge in [0.15, 0.2) is 5.16 Å². The predicted octanol–water partition coefficient (Wildman–Crippen LogP) is 2.02. The molecule has 0 atom stereocenters. The second-order valence-electron chi connectivity index (χ2n) is 4.00. The van der Waals surface area contributed by atoms with Crippen LogP contribution in [0.5, 0.6) is 0 Å². The molecule has 0 spiro atoms. The summed E-state index contributed by atoms with van der Waals surface area (Å²) < 4.78 is 1.48. The summed E-state index contributed by atoms with van der Waals surface area (Å²) in [5.41, 5.74) is 0.875. The first-order valence-corrected chi connectivity index (χ1v) is 7.09. The number of halogens is 1. The van der Waals surface area contributed by atoms with Crippen LogP contribution in [-0.2, 0) is 13.6 Å². The van der Waals surface area contributed by atoms with Crippen molar-refractivity contribution in [2.45, 2.75) is 23.5 Å². The van der Waals surface area contributed by atoms with Crippen molar-refractivity contribution < 1.29 is 0 Å². The summed E-state index contributed by atoms with van der Waals surface area (Å²) in [5.74, 6) is 0. The van der Waals surface area contributed by atoms with Gasteiger partial charge in [-0.05, 0) is 42.1 Å². The molecule has 1 aromatic heterocycles. The van der Waals surface area contributed by atoms with Gasteiger partial charge in [-0.15, -0.1) is 5.10 Å². The van der Waals surface area contributed by atoms with E-state index >= 15 is 0 Å². The Kier molecular flexibility index (Phi) is 4.68. The largest absolute Gasteiger partial charge is 0.343 e. The molecule has 7 heteroatoms. The van der Waals surface area contributed by atoms with E-state index in [2.05, 4.69) is 22.4 Å². The molecule has 2 rings (SSSR count). The maximum atomic E-state index is 11.3. The highest BCUT2D eigenvalue weighted by Crippen LogP contribution is 2.30. The van der Waals surface area contributed by atoms with Crippen LogP contribution >= 0.6 is 23.4 Å². The first-order valence-electron chi connectivity index (χ1n) is 5.90. The summed E-state index contributed by atoms with van der Waals surface area (Å²) in [6, 6.07) is 5.71. The van der Waals surface area contributed by atoms with Gasteiger partial charge in [0.25, 0.3) is 0 Å². The summed E-state index contributed by atoms with van der Waals surface area (Å²) >= 11 is 7.46. The number of hydrogen-bond donors (Lipinski definition) is 2. The van der Waals surface area contributed by atoms with E-state index in [0.717, 1.165) is 23.5 Å². The molecule has 0 aliphatic heterocycles. The molecule has 0 amide bonds. The monoisotopic (exact) mass is 298 g/mol. The van der Waals surface area contributed by atoms with Crippen LogP contribution in [0.3, 0.4) is 0 Å². The van der Waals surface area contributed by atoms with Crippen LogP contribution in [0, 0.1) is 0 Å². The lowest BCUT2D eigenvalue weighted by Crippen LogP contribution is -2.13. The number of nitrogens with zero attached hydrogens (tertiary/aromatic N) is 2. The van der Waals surface area contributed by atoms with Crippen molar-refractivity contribution in [2.24, 2.45) is 7.05 Å². The van der Waals surface area contributed by atoms with Crippen molar-refractivity contribution in [3.05, 3.63) is 39.3 Å². The smallest absolute Gasteiger partial charge is 0.313 e. The van der Waals surface area contributed by atoms with Gasteiger partial charge in [0.05, 0.1) is 0 Å². The van der Waals surface area contributed by atoms with Gasteiger partial charge in [-0.1, -0.05) is 18.5 Å². The molecule has 0 bridgehead atoms. The van der Waals surface area contributed by atoms with E-state index in [1.165, 1.54) is 16.3 Å². The van der Waals surface area contributed by atoms with E-state index in [-0.39, 0.29) is 5.69 Å². The molecule has 102 valence electrons.